The van der Waals surface area contributed by atoms with Crippen LogP contribution < -0.4 is 10.1 Å². The first-order valence-corrected chi connectivity index (χ1v) is 8.49. The summed E-state index contributed by atoms with van der Waals surface area (Å²) >= 11 is 0. The molecule has 0 fully saturated rings. The van der Waals surface area contributed by atoms with Gasteiger partial charge in [-0.25, -0.2) is 8.42 Å². The van der Waals surface area contributed by atoms with Gasteiger partial charge in [0.05, 0.1) is 12.9 Å². The molecule has 0 aliphatic rings. The topological polar surface area (TPSA) is 55.4 Å². The summed E-state index contributed by atoms with van der Waals surface area (Å²) in [7, 11) is -1.24. The van der Waals surface area contributed by atoms with Crippen molar-refractivity contribution in [2.75, 3.05) is 25.7 Å². The van der Waals surface area contributed by atoms with Gasteiger partial charge >= 0.3 is 0 Å². The number of methoxy groups -OCH3 is 1. The molecule has 0 aliphatic carbocycles. The Bertz CT molecular complexity index is 695. The van der Waals surface area contributed by atoms with Gasteiger partial charge in [-0.3, -0.25) is 0 Å². The van der Waals surface area contributed by atoms with Crippen LogP contribution in [0.1, 0.15) is 5.56 Å². The van der Waals surface area contributed by atoms with Crippen LogP contribution in [0.2, 0.25) is 0 Å². The van der Waals surface area contributed by atoms with Crippen LogP contribution in [0, 0.1) is 0 Å². The molecule has 20 heavy (non-hydrogen) atoms. The van der Waals surface area contributed by atoms with Crippen molar-refractivity contribution in [2.24, 2.45) is 0 Å². The molecule has 108 valence electrons. The maximum atomic E-state index is 11.0. The average molecular weight is 293 g/mol. The molecule has 2 aromatic rings. The number of hydrogen-bond donors (Lipinski definition) is 1. The van der Waals surface area contributed by atoms with Crippen molar-refractivity contribution in [3.63, 3.8) is 0 Å². The fourth-order valence-corrected chi connectivity index (χ4v) is 2.52. The third-order valence-electron chi connectivity index (χ3n) is 3.09. The first-order chi connectivity index (χ1) is 9.48. The summed E-state index contributed by atoms with van der Waals surface area (Å²) in [5.41, 5.74) is 1.14. The number of sulfone groups is 1. The Hall–Kier alpha value is -1.59. The number of rotatable bonds is 6. The third kappa shape index (κ3) is 4.21. The van der Waals surface area contributed by atoms with Crippen LogP contribution in [0.3, 0.4) is 0 Å². The average Bonchev–Trinajstić information content (AvgIpc) is 2.42. The molecule has 1 N–H and O–H groups in total. The molecule has 0 unspecified atom stereocenters. The predicted molar refractivity (Wildman–Crippen MR) is 81.9 cm³/mol. The Kier molecular flexibility index (Phi) is 4.62. The van der Waals surface area contributed by atoms with Gasteiger partial charge in [0.15, 0.2) is 0 Å². The molecule has 0 spiro atoms. The molecule has 5 heteroatoms. The quantitative estimate of drug-likeness (QED) is 0.828. The minimum Gasteiger partial charge on any atom is -0.497 e. The molecule has 0 heterocycles. The van der Waals surface area contributed by atoms with E-state index in [1.54, 1.807) is 7.11 Å². The monoisotopic (exact) mass is 293 g/mol. The van der Waals surface area contributed by atoms with E-state index in [0.717, 1.165) is 22.1 Å². The van der Waals surface area contributed by atoms with Crippen molar-refractivity contribution < 1.29 is 13.2 Å². The van der Waals surface area contributed by atoms with Crippen molar-refractivity contribution in [2.45, 2.75) is 6.54 Å². The number of ether oxygens (including phenoxy) is 1. The van der Waals surface area contributed by atoms with Crippen LogP contribution in [-0.4, -0.2) is 34.1 Å². The SMILES string of the molecule is COc1ccc2cc(CNCCS(C)(=O)=O)ccc2c1. The molecular formula is C15H19NO3S. The van der Waals surface area contributed by atoms with E-state index in [9.17, 15) is 8.42 Å². The zero-order valence-corrected chi connectivity index (χ0v) is 12.5. The first kappa shape index (κ1) is 14.8. The van der Waals surface area contributed by atoms with Gasteiger partial charge in [0.1, 0.15) is 15.6 Å². The molecule has 0 aromatic heterocycles. The van der Waals surface area contributed by atoms with Gasteiger partial charge in [0.25, 0.3) is 0 Å². The van der Waals surface area contributed by atoms with E-state index >= 15 is 0 Å². The molecule has 0 aliphatic heterocycles. The zero-order valence-electron chi connectivity index (χ0n) is 11.7. The van der Waals surface area contributed by atoms with E-state index in [1.165, 1.54) is 6.26 Å². The van der Waals surface area contributed by atoms with Gasteiger partial charge in [-0.1, -0.05) is 18.2 Å². The van der Waals surface area contributed by atoms with Crippen LogP contribution in [0.4, 0.5) is 0 Å². The highest BCUT2D eigenvalue weighted by Gasteiger charge is 2.02. The third-order valence-corrected chi connectivity index (χ3v) is 4.04. The lowest BCUT2D eigenvalue weighted by molar-refractivity contribution is 0.415. The van der Waals surface area contributed by atoms with Crippen molar-refractivity contribution in [1.29, 1.82) is 0 Å². The highest BCUT2D eigenvalue weighted by atomic mass is 32.2. The summed E-state index contributed by atoms with van der Waals surface area (Å²) in [5, 5.41) is 5.42. The summed E-state index contributed by atoms with van der Waals surface area (Å²) < 4.78 is 27.2. The maximum Gasteiger partial charge on any atom is 0.148 e. The largest absolute Gasteiger partial charge is 0.497 e. The molecule has 0 saturated heterocycles. The number of hydrogen-bond acceptors (Lipinski definition) is 4. The van der Waals surface area contributed by atoms with E-state index in [4.69, 9.17) is 4.74 Å². The van der Waals surface area contributed by atoms with Gasteiger partial charge in [-0.2, -0.15) is 0 Å². The lowest BCUT2D eigenvalue weighted by atomic mass is 10.1. The lowest BCUT2D eigenvalue weighted by Crippen LogP contribution is -2.21. The minimum absolute atomic E-state index is 0.164. The number of benzene rings is 2. The van der Waals surface area contributed by atoms with Crippen LogP contribution in [0.25, 0.3) is 10.8 Å². The molecule has 2 aromatic carbocycles. The molecule has 0 saturated carbocycles. The first-order valence-electron chi connectivity index (χ1n) is 6.43. The highest BCUT2D eigenvalue weighted by molar-refractivity contribution is 7.90. The lowest BCUT2D eigenvalue weighted by Gasteiger charge is -2.07. The molecule has 0 atom stereocenters. The van der Waals surface area contributed by atoms with Crippen molar-refractivity contribution >= 4 is 20.6 Å². The minimum atomic E-state index is -2.90. The predicted octanol–water partition coefficient (Wildman–Crippen LogP) is 1.98. The Labute approximate surface area is 119 Å². The van der Waals surface area contributed by atoms with Crippen LogP contribution >= 0.6 is 0 Å². The van der Waals surface area contributed by atoms with Crippen LogP contribution in [0.15, 0.2) is 36.4 Å². The standard InChI is InChI=1S/C15H19NO3S/c1-19-15-6-5-13-9-12(3-4-14(13)10-15)11-16-7-8-20(2,17)18/h3-6,9-10,16H,7-8,11H2,1-2H3. The van der Waals surface area contributed by atoms with E-state index in [0.29, 0.717) is 13.1 Å². The zero-order chi connectivity index (χ0) is 14.6. The van der Waals surface area contributed by atoms with Crippen molar-refractivity contribution in [3.05, 3.63) is 42.0 Å². The summed E-state index contributed by atoms with van der Waals surface area (Å²) in [4.78, 5) is 0. The van der Waals surface area contributed by atoms with Crippen molar-refractivity contribution in [1.82, 2.24) is 5.32 Å². The number of fused-ring (bicyclic) bond motifs is 1. The van der Waals surface area contributed by atoms with E-state index < -0.39 is 9.84 Å². The maximum absolute atomic E-state index is 11.0. The Balaban J connectivity index is 2.01. The molecular weight excluding hydrogens is 274 g/mol. The van der Waals surface area contributed by atoms with Gasteiger partial charge < -0.3 is 10.1 Å². The van der Waals surface area contributed by atoms with Gasteiger partial charge in [0.2, 0.25) is 0 Å². The summed E-state index contributed by atoms with van der Waals surface area (Å²) in [5.74, 6) is 1.01. The smallest absolute Gasteiger partial charge is 0.148 e. The fraction of sp³-hybridized carbons (Fsp3) is 0.333. The van der Waals surface area contributed by atoms with E-state index in [2.05, 4.69) is 11.4 Å². The Morgan fingerprint density at radius 2 is 1.80 bits per heavy atom. The second-order valence-electron chi connectivity index (χ2n) is 4.85. The molecule has 0 bridgehead atoms. The molecule has 4 nitrogen and oxygen atoms in total. The van der Waals surface area contributed by atoms with Gasteiger partial charge in [0, 0.05) is 19.3 Å². The molecule has 0 amide bonds. The summed E-state index contributed by atoms with van der Waals surface area (Å²) in [6.07, 6.45) is 1.25. The second kappa shape index (κ2) is 6.24. The van der Waals surface area contributed by atoms with Crippen LogP contribution in [-0.2, 0) is 16.4 Å². The van der Waals surface area contributed by atoms with Gasteiger partial charge in [-0.05, 0) is 34.5 Å². The normalized spacial score (nSPS) is 11.7. The van der Waals surface area contributed by atoms with Gasteiger partial charge in [-0.15, -0.1) is 0 Å². The Morgan fingerprint density at radius 3 is 2.50 bits per heavy atom. The highest BCUT2D eigenvalue weighted by Crippen LogP contribution is 2.21. The van der Waals surface area contributed by atoms with Crippen molar-refractivity contribution in [3.8, 4) is 5.75 Å². The fourth-order valence-electron chi connectivity index (χ4n) is 2.00. The second-order valence-corrected chi connectivity index (χ2v) is 7.11. The molecule has 2 rings (SSSR count). The van der Waals surface area contributed by atoms with Crippen LogP contribution in [0.5, 0.6) is 5.75 Å². The Morgan fingerprint density at radius 1 is 1.10 bits per heavy atom. The summed E-state index contributed by atoms with van der Waals surface area (Å²) in [6, 6.07) is 12.1. The van der Waals surface area contributed by atoms with E-state index in [-0.39, 0.29) is 5.75 Å². The van der Waals surface area contributed by atoms with E-state index in [1.807, 2.05) is 30.3 Å². The number of nitrogens with one attached hydrogen (secondary N) is 1. The summed E-state index contributed by atoms with van der Waals surface area (Å²) in [6.45, 7) is 1.14. The molecule has 0 radical (unpaired) electrons.